The number of benzene rings is 2. The van der Waals surface area contributed by atoms with Crippen LogP contribution in [0.5, 0.6) is 11.5 Å². The molecule has 0 radical (unpaired) electrons. The number of anilines is 1. The van der Waals surface area contributed by atoms with Crippen LogP contribution in [-0.4, -0.2) is 4.98 Å². The number of hydrogen-bond acceptors (Lipinski definition) is 4. The average molecular weight is 279 g/mol. The third kappa shape index (κ3) is 2.35. The summed E-state index contributed by atoms with van der Waals surface area (Å²) in [4.78, 5) is 4.03. The summed E-state index contributed by atoms with van der Waals surface area (Å²) in [6.07, 6.45) is 3.28. The van der Waals surface area contributed by atoms with Gasteiger partial charge in [0.15, 0.2) is 0 Å². The Balaban J connectivity index is 2.05. The van der Waals surface area contributed by atoms with Gasteiger partial charge in [0.25, 0.3) is 0 Å². The Bertz CT molecular complexity index is 871. The lowest BCUT2D eigenvalue weighted by Gasteiger charge is -2.10. The van der Waals surface area contributed by atoms with Crippen LogP contribution >= 0.6 is 0 Å². The number of hydrogen-bond donors (Lipinski definition) is 1. The molecule has 1 heterocycles. The highest BCUT2D eigenvalue weighted by molar-refractivity contribution is 5.96. The van der Waals surface area contributed by atoms with Gasteiger partial charge in [0.05, 0.1) is 5.56 Å². The molecule has 0 spiro atoms. The predicted octanol–water partition coefficient (Wildman–Crippen LogP) is 3.62. The first-order valence-electron chi connectivity index (χ1n) is 6.19. The number of aromatic nitrogens is 1. The molecule has 21 heavy (non-hydrogen) atoms. The van der Waals surface area contributed by atoms with Crippen LogP contribution in [0.2, 0.25) is 0 Å². The fourth-order valence-electron chi connectivity index (χ4n) is 2.05. The molecule has 0 amide bonds. The molecule has 102 valence electrons. The van der Waals surface area contributed by atoms with Crippen molar-refractivity contribution in [3.8, 4) is 17.6 Å². The van der Waals surface area contributed by atoms with Crippen LogP contribution in [0.25, 0.3) is 10.8 Å². The molecule has 0 aliphatic carbocycles. The van der Waals surface area contributed by atoms with Crippen molar-refractivity contribution in [1.82, 2.24) is 4.98 Å². The van der Waals surface area contributed by atoms with Crippen LogP contribution in [0, 0.1) is 17.1 Å². The van der Waals surface area contributed by atoms with Crippen molar-refractivity contribution in [2.75, 3.05) is 5.73 Å². The second-order valence-electron chi connectivity index (χ2n) is 4.43. The molecular weight excluding hydrogens is 269 g/mol. The quantitative estimate of drug-likeness (QED) is 0.727. The van der Waals surface area contributed by atoms with Gasteiger partial charge in [-0.25, -0.2) is 4.39 Å². The number of nitrogens with zero attached hydrogens (tertiary/aromatic N) is 2. The normalized spacial score (nSPS) is 10.3. The fourth-order valence-corrected chi connectivity index (χ4v) is 2.05. The van der Waals surface area contributed by atoms with Crippen LogP contribution in [-0.2, 0) is 0 Å². The van der Waals surface area contributed by atoms with E-state index in [1.165, 1.54) is 12.1 Å². The van der Waals surface area contributed by atoms with Gasteiger partial charge in [-0.1, -0.05) is 0 Å². The minimum Gasteiger partial charge on any atom is -0.457 e. The van der Waals surface area contributed by atoms with E-state index in [9.17, 15) is 4.39 Å². The van der Waals surface area contributed by atoms with Crippen molar-refractivity contribution in [1.29, 1.82) is 5.26 Å². The van der Waals surface area contributed by atoms with Gasteiger partial charge >= 0.3 is 0 Å². The largest absolute Gasteiger partial charge is 0.457 e. The second kappa shape index (κ2) is 5.10. The van der Waals surface area contributed by atoms with Crippen molar-refractivity contribution < 1.29 is 9.13 Å². The van der Waals surface area contributed by atoms with E-state index in [1.54, 1.807) is 42.7 Å². The highest BCUT2D eigenvalue weighted by Crippen LogP contribution is 2.33. The van der Waals surface area contributed by atoms with Crippen LogP contribution < -0.4 is 10.5 Å². The van der Waals surface area contributed by atoms with E-state index >= 15 is 0 Å². The van der Waals surface area contributed by atoms with Gasteiger partial charge in [0, 0.05) is 34.9 Å². The molecule has 0 saturated heterocycles. The lowest BCUT2D eigenvalue weighted by Crippen LogP contribution is -1.92. The van der Waals surface area contributed by atoms with Gasteiger partial charge in [0.2, 0.25) is 0 Å². The highest BCUT2D eigenvalue weighted by Gasteiger charge is 2.08. The van der Waals surface area contributed by atoms with E-state index in [0.29, 0.717) is 17.2 Å². The zero-order chi connectivity index (χ0) is 14.8. The smallest absolute Gasteiger partial charge is 0.144 e. The number of fused-ring (bicyclic) bond motifs is 1. The molecule has 0 aliphatic heterocycles. The summed E-state index contributed by atoms with van der Waals surface area (Å²) < 4.78 is 19.3. The van der Waals surface area contributed by atoms with Gasteiger partial charge < -0.3 is 10.5 Å². The summed E-state index contributed by atoms with van der Waals surface area (Å²) in [5, 5.41) is 10.3. The summed E-state index contributed by atoms with van der Waals surface area (Å²) in [6.45, 7) is 0. The number of nitrogen functional groups attached to an aromatic ring is 1. The molecule has 2 N–H and O–H groups in total. The Kier molecular flexibility index (Phi) is 3.13. The lowest BCUT2D eigenvalue weighted by molar-refractivity contribution is 0.482. The maximum atomic E-state index is 13.6. The first kappa shape index (κ1) is 12.9. The molecule has 4 nitrogen and oxygen atoms in total. The summed E-state index contributed by atoms with van der Waals surface area (Å²) >= 11 is 0. The van der Waals surface area contributed by atoms with E-state index in [-0.39, 0.29) is 5.56 Å². The SMILES string of the molecule is N#Cc1ccc(Oc2ccc(N)c3cnccc23)cc1F. The molecule has 0 bridgehead atoms. The standard InChI is InChI=1S/C16H10FN3O/c17-14-7-11(2-1-10(14)8-18)21-16-4-3-15(19)13-9-20-6-5-12(13)16/h1-7,9H,19H2. The third-order valence-corrected chi connectivity index (χ3v) is 3.10. The van der Waals surface area contributed by atoms with E-state index in [2.05, 4.69) is 4.98 Å². The molecule has 0 unspecified atom stereocenters. The van der Waals surface area contributed by atoms with Gasteiger partial charge in [-0.15, -0.1) is 0 Å². The lowest BCUT2D eigenvalue weighted by atomic mass is 10.1. The van der Waals surface area contributed by atoms with Crippen molar-refractivity contribution in [2.24, 2.45) is 0 Å². The first-order chi connectivity index (χ1) is 10.2. The van der Waals surface area contributed by atoms with Crippen molar-refractivity contribution in [2.45, 2.75) is 0 Å². The van der Waals surface area contributed by atoms with E-state index in [0.717, 1.165) is 10.8 Å². The monoisotopic (exact) mass is 279 g/mol. The van der Waals surface area contributed by atoms with Crippen LogP contribution in [0.15, 0.2) is 48.8 Å². The van der Waals surface area contributed by atoms with Crippen LogP contribution in [0.1, 0.15) is 5.56 Å². The highest BCUT2D eigenvalue weighted by atomic mass is 19.1. The predicted molar refractivity (Wildman–Crippen MR) is 77.3 cm³/mol. The third-order valence-electron chi connectivity index (χ3n) is 3.10. The molecule has 0 atom stereocenters. The molecule has 0 fully saturated rings. The van der Waals surface area contributed by atoms with Gasteiger partial charge in [-0.2, -0.15) is 5.26 Å². The maximum absolute atomic E-state index is 13.6. The number of ether oxygens (including phenoxy) is 1. The van der Waals surface area contributed by atoms with Gasteiger partial charge in [-0.05, 0) is 30.3 Å². The Morgan fingerprint density at radius 1 is 1.14 bits per heavy atom. The summed E-state index contributed by atoms with van der Waals surface area (Å²) in [7, 11) is 0. The Morgan fingerprint density at radius 3 is 2.76 bits per heavy atom. The maximum Gasteiger partial charge on any atom is 0.144 e. The van der Waals surface area contributed by atoms with Crippen molar-refractivity contribution >= 4 is 16.5 Å². The second-order valence-corrected chi connectivity index (χ2v) is 4.43. The number of nitriles is 1. The van der Waals surface area contributed by atoms with Gasteiger partial charge in [0.1, 0.15) is 23.4 Å². The molecule has 3 rings (SSSR count). The molecule has 5 heteroatoms. The van der Waals surface area contributed by atoms with E-state index in [4.69, 9.17) is 15.7 Å². The Hall–Kier alpha value is -3.13. The van der Waals surface area contributed by atoms with Crippen molar-refractivity contribution in [3.63, 3.8) is 0 Å². The van der Waals surface area contributed by atoms with E-state index in [1.807, 2.05) is 0 Å². The number of rotatable bonds is 2. The summed E-state index contributed by atoms with van der Waals surface area (Å²) in [5.74, 6) is 0.247. The number of pyridine rings is 1. The molecule has 2 aromatic carbocycles. The van der Waals surface area contributed by atoms with Crippen LogP contribution in [0.4, 0.5) is 10.1 Å². The molecule has 0 saturated carbocycles. The number of halogens is 1. The zero-order valence-corrected chi connectivity index (χ0v) is 10.9. The number of nitrogens with two attached hydrogens (primary N) is 1. The topological polar surface area (TPSA) is 71.9 Å². The minimum absolute atomic E-state index is 0.0197. The Morgan fingerprint density at radius 2 is 2.00 bits per heavy atom. The van der Waals surface area contributed by atoms with Crippen molar-refractivity contribution in [3.05, 3.63) is 60.2 Å². The average Bonchev–Trinajstić information content (AvgIpc) is 2.51. The molecule has 3 aromatic rings. The van der Waals surface area contributed by atoms with E-state index < -0.39 is 5.82 Å². The first-order valence-corrected chi connectivity index (χ1v) is 6.19. The Labute approximate surface area is 120 Å². The molecular formula is C16H10FN3O. The fraction of sp³-hybridized carbons (Fsp3) is 0. The minimum atomic E-state index is -0.614. The molecule has 1 aromatic heterocycles. The molecule has 0 aliphatic rings. The summed E-state index contributed by atoms with van der Waals surface area (Å²) in [6, 6.07) is 11.1. The zero-order valence-electron chi connectivity index (χ0n) is 10.9. The summed E-state index contributed by atoms with van der Waals surface area (Å²) in [5.41, 5.74) is 6.46. The van der Waals surface area contributed by atoms with Crippen LogP contribution in [0.3, 0.4) is 0 Å². The van der Waals surface area contributed by atoms with Gasteiger partial charge in [-0.3, -0.25) is 4.98 Å².